The largest absolute Gasteiger partial charge is 0.308 e. The van der Waals surface area contributed by atoms with Crippen molar-refractivity contribution in [2.45, 2.75) is 76.7 Å². The number of pyridine rings is 2. The summed E-state index contributed by atoms with van der Waals surface area (Å²) in [6.45, 7) is 23.4. The second-order valence-corrected chi connectivity index (χ2v) is 17.1. The van der Waals surface area contributed by atoms with Crippen LogP contribution in [0.15, 0.2) is 121 Å². The van der Waals surface area contributed by atoms with E-state index in [-0.39, 0.29) is 46.4 Å². The monoisotopic (exact) mass is 863 g/mol. The standard InChI is InChI=1S/C25H24N4O.C25H22N4O.12H2/c2*1-16-19-9-10-21-23(25(19,2)15-20(26-3)22(16)30)28-24(17-11-13-27-14-12-17)29(21)18-7-5-4-6-8-18;;;;;;;;;;;;/h4-8,11-14,16,19-20H,9-10,15H2,1-2H3;4-8,11-16,19H,9-10H2,1-2H3;12*1H/t16-,19-,20?,25-;16-,19-,25-;;;;;;;;;;;;/m00............/s1/i;;12*1+2T. The fraction of sp³-hybridized carbons (Fsp3) is 0.320. The number of imidazole rings is 2. The van der Waals surface area contributed by atoms with Gasteiger partial charge in [0.1, 0.15) is 11.6 Å². The molecule has 0 N–H and O–H groups in total. The smallest absolute Gasteiger partial charge is 0.282 e. The van der Waals surface area contributed by atoms with Crippen LogP contribution in [0.2, 0.25) is 0 Å². The van der Waals surface area contributed by atoms with Gasteiger partial charge in [0.25, 0.3) is 6.04 Å². The van der Waals surface area contributed by atoms with Gasteiger partial charge in [-0.05, 0) is 86.1 Å². The first kappa shape index (κ1) is 27.1. The molecule has 0 bridgehead atoms. The first-order valence-corrected chi connectivity index (χ1v) is 20.8. The van der Waals surface area contributed by atoms with E-state index in [0.717, 1.165) is 76.9 Å². The van der Waals surface area contributed by atoms with Crippen LogP contribution in [0.3, 0.4) is 0 Å². The molecule has 0 spiro atoms. The molecule has 2 aromatic carbocycles. The molecule has 4 heterocycles. The maximum atomic E-state index is 12.7. The van der Waals surface area contributed by atoms with Gasteiger partial charge in [0.15, 0.2) is 5.78 Å². The van der Waals surface area contributed by atoms with Gasteiger partial charge in [0, 0.05) is 123 Å². The molecule has 4 aliphatic carbocycles. The minimum atomic E-state index is -0.571. The number of rotatable bonds is 4. The van der Waals surface area contributed by atoms with Crippen LogP contribution in [0.5, 0.6) is 0 Å². The van der Waals surface area contributed by atoms with Crippen LogP contribution < -0.4 is 0 Å². The Hall–Kier alpha value is -6.78. The number of para-hydroxylation sites is 2. The summed E-state index contributed by atoms with van der Waals surface area (Å²) in [5, 5.41) is 0. The second kappa shape index (κ2) is 15.1. The van der Waals surface area contributed by atoms with Crippen LogP contribution >= 0.6 is 0 Å². The third-order valence-corrected chi connectivity index (χ3v) is 13.9. The fourth-order valence-corrected chi connectivity index (χ4v) is 10.9. The van der Waals surface area contributed by atoms with E-state index in [1.54, 1.807) is 24.8 Å². The molecule has 0 aliphatic heterocycles. The van der Waals surface area contributed by atoms with Crippen molar-refractivity contribution in [2.75, 3.05) is 0 Å². The van der Waals surface area contributed by atoms with Gasteiger partial charge in [-0.25, -0.2) is 21.4 Å². The van der Waals surface area contributed by atoms with Crippen molar-refractivity contribution < 1.29 is 45.2 Å². The summed E-state index contributed by atoms with van der Waals surface area (Å²) in [5.74, 6) is 1.93. The third-order valence-electron chi connectivity index (χ3n) is 13.9. The van der Waals surface area contributed by atoms with Gasteiger partial charge in [0.2, 0.25) is 11.5 Å². The van der Waals surface area contributed by atoms with Crippen molar-refractivity contribution in [3.8, 4) is 34.2 Å². The zero-order chi connectivity index (χ0) is 65.8. The number of hydrogen-bond donors (Lipinski definition) is 0. The van der Waals surface area contributed by atoms with Gasteiger partial charge in [-0.2, -0.15) is 0 Å². The molecule has 0 saturated heterocycles. The summed E-state index contributed by atoms with van der Waals surface area (Å²) in [5.41, 5.74) is 8.09. The lowest BCUT2D eigenvalue weighted by atomic mass is 9.56. The molecule has 6 aromatic rings. The van der Waals surface area contributed by atoms with Crippen LogP contribution in [0, 0.1) is 36.8 Å². The van der Waals surface area contributed by atoms with Gasteiger partial charge in [-0.1, -0.05) is 70.2 Å². The molecule has 4 aromatic heterocycles. The highest BCUT2D eigenvalue weighted by molar-refractivity contribution is 6.00. The Morgan fingerprint density at radius 3 is 1.72 bits per heavy atom. The van der Waals surface area contributed by atoms with E-state index in [2.05, 4.69) is 66.9 Å². The highest BCUT2D eigenvalue weighted by atomic mass is 16.1. The quantitative estimate of drug-likeness (QED) is 0.164. The number of Topliss-reactive ketones (excluding diaryl/α,β-unsaturated/α-hetero) is 2. The van der Waals surface area contributed by atoms with Crippen molar-refractivity contribution in [3.63, 3.8) is 0 Å². The lowest BCUT2D eigenvalue weighted by Crippen LogP contribution is -2.51. The van der Waals surface area contributed by atoms with Crippen molar-refractivity contribution >= 4 is 11.6 Å². The Morgan fingerprint density at radius 1 is 0.700 bits per heavy atom. The number of ketones is 2. The zero-order valence-electron chi connectivity index (χ0n) is 58.3. The number of carbonyl (C=O) groups is 2. The summed E-state index contributed by atoms with van der Waals surface area (Å²) in [4.78, 5) is 51.3. The molecular formula is C50H70N8O2. The van der Waals surface area contributed by atoms with Gasteiger partial charge in [-0.15, -0.1) is 0 Å². The summed E-state index contributed by atoms with van der Waals surface area (Å²) in [6.07, 6.45) is 13.1. The fourth-order valence-electron chi connectivity index (χ4n) is 10.9. The van der Waals surface area contributed by atoms with Crippen LogP contribution in [-0.2, 0) is 33.3 Å². The topological polar surface area (TPSA) is 104 Å². The van der Waals surface area contributed by atoms with Crippen LogP contribution in [0.25, 0.3) is 43.8 Å². The predicted octanol–water partition coefficient (Wildman–Crippen LogP) is 12.4. The Balaban J connectivity index is -0.000000562. The molecular weight excluding hydrogens is 745 g/mol. The summed E-state index contributed by atoms with van der Waals surface area (Å²) < 4.78 is 124. The summed E-state index contributed by atoms with van der Waals surface area (Å²) in [6, 6.07) is 27.9. The average molecular weight is 863 g/mol. The van der Waals surface area contributed by atoms with E-state index in [1.165, 1.54) is 5.69 Å². The second-order valence-electron chi connectivity index (χ2n) is 17.1. The number of benzene rings is 2. The number of carbonyl (C=O) groups excluding carboxylic acids is 2. The van der Waals surface area contributed by atoms with Crippen molar-refractivity contribution in [3.05, 3.63) is 167 Å². The highest BCUT2D eigenvalue weighted by Crippen LogP contribution is 2.53. The first-order chi connectivity index (χ1) is 41.1. The number of nitrogens with zero attached hydrogens (tertiary/aromatic N) is 8. The molecule has 10 heteroatoms. The molecule has 1 unspecified atom stereocenters. The predicted molar refractivity (Wildman–Crippen MR) is 255 cm³/mol. The van der Waals surface area contributed by atoms with Crippen molar-refractivity contribution in [1.82, 2.24) is 29.1 Å². The highest BCUT2D eigenvalue weighted by Gasteiger charge is 2.56. The van der Waals surface area contributed by atoms with Gasteiger partial charge in [0.05, 0.1) is 18.0 Å². The molecule has 322 valence electrons. The van der Waals surface area contributed by atoms with E-state index in [1.807, 2.05) is 80.6 Å². The molecule has 0 radical (unpaired) electrons. The summed E-state index contributed by atoms with van der Waals surface area (Å²) in [7, 11) is 0. The molecule has 4 aliphatic rings. The van der Waals surface area contributed by atoms with Gasteiger partial charge < -0.3 is 9.64 Å². The molecule has 10 nitrogen and oxygen atoms in total. The average Bonchev–Trinajstić information content (AvgIpc) is 3.92. The van der Waals surface area contributed by atoms with Crippen molar-refractivity contribution in [2.24, 2.45) is 23.7 Å². The van der Waals surface area contributed by atoms with Crippen LogP contribution in [0.4, 0.5) is 0 Å². The van der Waals surface area contributed by atoms with E-state index in [0.29, 0.717) is 6.42 Å². The Labute approximate surface area is 387 Å². The molecule has 1 fully saturated rings. The zero-order valence-corrected chi connectivity index (χ0v) is 34.3. The molecule has 60 heavy (non-hydrogen) atoms. The van der Waals surface area contributed by atoms with Gasteiger partial charge >= 0.3 is 0 Å². The number of fused-ring (bicyclic) bond motifs is 6. The number of hydrogen-bond acceptors (Lipinski definition) is 6. The van der Waals surface area contributed by atoms with E-state index < -0.39 is 11.5 Å². The molecule has 0 amide bonds. The number of allylic oxidation sites excluding steroid dienone is 2. The van der Waals surface area contributed by atoms with Crippen molar-refractivity contribution in [1.29, 1.82) is 0 Å². The first-order valence-electron chi connectivity index (χ1n) is 32.8. The maximum absolute atomic E-state index is 12.7. The number of aromatic nitrogens is 6. The minimum Gasteiger partial charge on any atom is -0.308 e. The van der Waals surface area contributed by atoms with Crippen LogP contribution in [0.1, 0.15) is 105 Å². The van der Waals surface area contributed by atoms with Gasteiger partial charge in [-0.3, -0.25) is 23.9 Å². The Bertz CT molecular complexity index is 2800. The van der Waals surface area contributed by atoms with E-state index >= 15 is 0 Å². The normalized spacial score (nSPS) is 28.0. The lowest BCUT2D eigenvalue weighted by Gasteiger charge is -2.46. The minimum absolute atomic E-state index is 0.0345. The summed E-state index contributed by atoms with van der Waals surface area (Å²) >= 11 is 0. The molecule has 1 saturated carbocycles. The molecule has 7 atom stereocenters. The Kier molecular flexibility index (Phi) is 6.82. The maximum Gasteiger partial charge on any atom is 0.282 e. The van der Waals surface area contributed by atoms with E-state index in [4.69, 9.17) is 58.7 Å². The molecule has 10 rings (SSSR count). The Morgan fingerprint density at radius 2 is 1.20 bits per heavy atom. The SMILES string of the molecule is [3H][3H].[3H][3H].[3H][3H].[3H][3H].[3H][3H].[3H][3H].[3H][3H].[3H][3H].[3H][3H].[3H][3H].[3H][3H].[3H][3H].[C-]#[N+]C1=C[C@]2(C)c3nc(-c4ccncc4)n(-c4ccccc4)c3CC[C@H]2[C@H](C)C1=O.[C-]#[N+]C1C[C@]2(C)c3nc(-c4ccncc4)n(-c4ccccc4)c3CC[C@H]2[C@H](C)C1=O. The van der Waals surface area contributed by atoms with Crippen LogP contribution in [-0.4, -0.2) is 46.7 Å². The van der Waals surface area contributed by atoms with E-state index in [9.17, 15) is 9.59 Å². The third kappa shape index (κ3) is 6.13. The lowest BCUT2D eigenvalue weighted by molar-refractivity contribution is -0.129.